The molecule has 0 radical (unpaired) electrons. The molecule has 0 aliphatic heterocycles. The van der Waals surface area contributed by atoms with Gasteiger partial charge in [0.25, 0.3) is 0 Å². The fraction of sp³-hybridized carbons (Fsp3) is 0.750. The summed E-state index contributed by atoms with van der Waals surface area (Å²) in [5.74, 6) is -2.76. The SMILES string of the molecule is CCC(CCCC(=O)[O-])C(=O)[O-]. The Bertz CT molecular complexity index is 164. The van der Waals surface area contributed by atoms with Crippen molar-refractivity contribution in [3.63, 3.8) is 0 Å². The fourth-order valence-electron chi connectivity index (χ4n) is 0.981. The molecule has 0 saturated heterocycles. The van der Waals surface area contributed by atoms with E-state index in [0.717, 1.165) is 0 Å². The molecule has 0 aromatic rings. The number of hydrogen-bond acceptors (Lipinski definition) is 4. The van der Waals surface area contributed by atoms with Gasteiger partial charge in [-0.3, -0.25) is 0 Å². The smallest absolute Gasteiger partial charge is 0.0445 e. The van der Waals surface area contributed by atoms with Crippen LogP contribution in [0.2, 0.25) is 0 Å². The summed E-state index contributed by atoms with van der Waals surface area (Å²) >= 11 is 0. The zero-order valence-electron chi connectivity index (χ0n) is 7.04. The number of carbonyl (C=O) groups excluding carboxylic acids is 2. The van der Waals surface area contributed by atoms with E-state index in [-0.39, 0.29) is 6.42 Å². The van der Waals surface area contributed by atoms with Gasteiger partial charge in [-0.05, 0) is 31.6 Å². The van der Waals surface area contributed by atoms with Gasteiger partial charge in [-0.15, -0.1) is 0 Å². The van der Waals surface area contributed by atoms with Crippen molar-refractivity contribution in [2.75, 3.05) is 0 Å². The van der Waals surface area contributed by atoms with Crippen LogP contribution in [0.4, 0.5) is 0 Å². The molecule has 0 aliphatic carbocycles. The van der Waals surface area contributed by atoms with Gasteiger partial charge >= 0.3 is 0 Å². The Morgan fingerprint density at radius 2 is 1.92 bits per heavy atom. The van der Waals surface area contributed by atoms with E-state index in [4.69, 9.17) is 0 Å². The number of hydrogen-bond donors (Lipinski definition) is 0. The second-order valence-corrected chi connectivity index (χ2v) is 2.69. The standard InChI is InChI=1S/C8H14O4/c1-2-6(8(11)12)4-3-5-7(9)10/h6H,2-5H2,1H3,(H,9,10)(H,11,12)/p-2. The molecule has 0 heterocycles. The molecule has 0 amide bonds. The molecule has 0 N–H and O–H groups in total. The van der Waals surface area contributed by atoms with Crippen molar-refractivity contribution in [1.29, 1.82) is 0 Å². The predicted octanol–water partition coefficient (Wildman–Crippen LogP) is -1.32. The lowest BCUT2D eigenvalue weighted by molar-refractivity contribution is -0.313. The molecule has 12 heavy (non-hydrogen) atoms. The first-order valence-electron chi connectivity index (χ1n) is 3.98. The molecule has 70 valence electrons. The molecule has 0 saturated carbocycles. The first-order chi connectivity index (χ1) is 5.57. The molecule has 4 heteroatoms. The van der Waals surface area contributed by atoms with Crippen LogP contribution in [-0.2, 0) is 9.59 Å². The maximum Gasteiger partial charge on any atom is 0.0445 e. The van der Waals surface area contributed by atoms with Crippen molar-refractivity contribution in [2.45, 2.75) is 32.6 Å². The Hall–Kier alpha value is -1.06. The molecule has 4 nitrogen and oxygen atoms in total. The lowest BCUT2D eigenvalue weighted by Crippen LogP contribution is -2.31. The highest BCUT2D eigenvalue weighted by atomic mass is 16.4. The molecule has 0 bridgehead atoms. The minimum atomic E-state index is -1.14. The van der Waals surface area contributed by atoms with Crippen molar-refractivity contribution in [2.24, 2.45) is 5.92 Å². The first kappa shape index (κ1) is 10.9. The molecule has 0 aromatic carbocycles. The van der Waals surface area contributed by atoms with Crippen LogP contribution in [-0.4, -0.2) is 11.9 Å². The number of carboxylic acid groups (broad SMARTS) is 2. The molecule has 1 atom stereocenters. The lowest BCUT2D eigenvalue weighted by atomic mass is 10.00. The summed E-state index contributed by atoms with van der Waals surface area (Å²) in [5, 5.41) is 20.3. The second kappa shape index (κ2) is 5.57. The van der Waals surface area contributed by atoms with Gasteiger partial charge in [-0.25, -0.2) is 0 Å². The van der Waals surface area contributed by atoms with E-state index in [0.29, 0.717) is 19.3 Å². The lowest BCUT2D eigenvalue weighted by Gasteiger charge is -2.15. The second-order valence-electron chi connectivity index (χ2n) is 2.69. The highest BCUT2D eigenvalue weighted by molar-refractivity contribution is 5.67. The fourth-order valence-corrected chi connectivity index (χ4v) is 0.981. The van der Waals surface area contributed by atoms with Gasteiger partial charge in [0.05, 0.1) is 0 Å². The van der Waals surface area contributed by atoms with Crippen LogP contribution in [0.15, 0.2) is 0 Å². The van der Waals surface area contributed by atoms with Gasteiger partial charge in [-0.1, -0.05) is 6.92 Å². The van der Waals surface area contributed by atoms with Gasteiger partial charge in [0, 0.05) is 11.9 Å². The molecule has 1 unspecified atom stereocenters. The van der Waals surface area contributed by atoms with E-state index in [1.54, 1.807) is 6.92 Å². The quantitative estimate of drug-likeness (QED) is 0.497. The van der Waals surface area contributed by atoms with Crippen molar-refractivity contribution in [3.8, 4) is 0 Å². The molecule has 0 aliphatic rings. The van der Waals surface area contributed by atoms with Gasteiger partial charge in [0.1, 0.15) is 0 Å². The molecule has 0 fully saturated rings. The molecule has 0 rings (SSSR count). The van der Waals surface area contributed by atoms with Crippen LogP contribution >= 0.6 is 0 Å². The summed E-state index contributed by atoms with van der Waals surface area (Å²) in [6.07, 6.45) is 1.10. The summed E-state index contributed by atoms with van der Waals surface area (Å²) < 4.78 is 0. The van der Waals surface area contributed by atoms with Crippen LogP contribution in [0, 0.1) is 5.92 Å². The Kier molecular flexibility index (Phi) is 5.08. The summed E-state index contributed by atoms with van der Waals surface area (Å²) in [4.78, 5) is 20.3. The molecular weight excluding hydrogens is 160 g/mol. The summed E-state index contributed by atoms with van der Waals surface area (Å²) in [6.45, 7) is 1.74. The Morgan fingerprint density at radius 1 is 1.33 bits per heavy atom. The molecular formula is C8H12O4-2. The van der Waals surface area contributed by atoms with Crippen molar-refractivity contribution < 1.29 is 19.8 Å². The minimum Gasteiger partial charge on any atom is -0.550 e. The van der Waals surface area contributed by atoms with Gasteiger partial charge < -0.3 is 19.8 Å². The summed E-state index contributed by atoms with van der Waals surface area (Å²) in [7, 11) is 0. The summed E-state index contributed by atoms with van der Waals surface area (Å²) in [5.41, 5.74) is 0. The number of rotatable bonds is 6. The first-order valence-corrected chi connectivity index (χ1v) is 3.98. The Labute approximate surface area is 71.2 Å². The largest absolute Gasteiger partial charge is 0.550 e. The van der Waals surface area contributed by atoms with Crippen LogP contribution in [0.25, 0.3) is 0 Å². The number of carboxylic acids is 2. The van der Waals surface area contributed by atoms with E-state index >= 15 is 0 Å². The van der Waals surface area contributed by atoms with Gasteiger partial charge in [0.2, 0.25) is 0 Å². The third kappa shape index (κ3) is 4.71. The van der Waals surface area contributed by atoms with Gasteiger partial charge in [-0.2, -0.15) is 0 Å². The monoisotopic (exact) mass is 172 g/mol. The average molecular weight is 172 g/mol. The van der Waals surface area contributed by atoms with Crippen molar-refractivity contribution in [3.05, 3.63) is 0 Å². The maximum absolute atomic E-state index is 10.3. The summed E-state index contributed by atoms with van der Waals surface area (Å²) in [6, 6.07) is 0. The molecule has 0 spiro atoms. The zero-order chi connectivity index (χ0) is 9.56. The van der Waals surface area contributed by atoms with Gasteiger partial charge in [0.15, 0.2) is 0 Å². The van der Waals surface area contributed by atoms with Crippen LogP contribution < -0.4 is 10.2 Å². The highest BCUT2D eigenvalue weighted by Crippen LogP contribution is 2.10. The van der Waals surface area contributed by atoms with Crippen LogP contribution in [0.5, 0.6) is 0 Å². The predicted molar refractivity (Wildman–Crippen MR) is 37.6 cm³/mol. The maximum atomic E-state index is 10.3. The zero-order valence-corrected chi connectivity index (χ0v) is 7.04. The average Bonchev–Trinajstić information content (AvgIpc) is 1.96. The van der Waals surface area contributed by atoms with Crippen molar-refractivity contribution in [1.82, 2.24) is 0 Å². The van der Waals surface area contributed by atoms with E-state index in [2.05, 4.69) is 0 Å². The third-order valence-corrected chi connectivity index (χ3v) is 1.76. The normalized spacial score (nSPS) is 12.4. The van der Waals surface area contributed by atoms with Crippen molar-refractivity contribution >= 4 is 11.9 Å². The van der Waals surface area contributed by atoms with E-state index in [9.17, 15) is 19.8 Å². The third-order valence-electron chi connectivity index (χ3n) is 1.76. The Balaban J connectivity index is 3.59. The Morgan fingerprint density at radius 3 is 2.25 bits per heavy atom. The van der Waals surface area contributed by atoms with E-state index in [1.807, 2.05) is 0 Å². The highest BCUT2D eigenvalue weighted by Gasteiger charge is 2.05. The van der Waals surface area contributed by atoms with E-state index < -0.39 is 17.9 Å². The number of carbonyl (C=O) groups is 2. The number of aliphatic carboxylic acids is 2. The van der Waals surface area contributed by atoms with Crippen LogP contribution in [0.1, 0.15) is 32.6 Å². The molecule has 0 aromatic heterocycles. The minimum absolute atomic E-state index is 0.0796. The van der Waals surface area contributed by atoms with E-state index in [1.165, 1.54) is 0 Å². The van der Waals surface area contributed by atoms with Crippen LogP contribution in [0.3, 0.4) is 0 Å². The topological polar surface area (TPSA) is 80.3 Å².